The second-order valence-electron chi connectivity index (χ2n) is 2.62. The average Bonchev–Trinajstić information content (AvgIpc) is 1.85. The summed E-state index contributed by atoms with van der Waals surface area (Å²) in [7, 11) is 0. The van der Waals surface area contributed by atoms with E-state index in [2.05, 4.69) is 0 Å². The molecule has 2 nitrogen and oxygen atoms in total. The molecule has 1 rings (SSSR count). The Bertz CT molecular complexity index is 295. The van der Waals surface area contributed by atoms with Gasteiger partial charge in [-0.2, -0.15) is 0 Å². The van der Waals surface area contributed by atoms with Crippen molar-refractivity contribution >= 4 is 5.97 Å². The predicted molar refractivity (Wildman–Crippen MR) is 42.9 cm³/mol. The van der Waals surface area contributed by atoms with E-state index in [1.807, 2.05) is 13.0 Å². The van der Waals surface area contributed by atoms with Gasteiger partial charge in [0.15, 0.2) is 0 Å². The summed E-state index contributed by atoms with van der Waals surface area (Å²) in [6, 6.07) is 5.30. The van der Waals surface area contributed by atoms with Crippen LogP contribution in [0.25, 0.3) is 0 Å². The molecule has 0 amide bonds. The van der Waals surface area contributed by atoms with Gasteiger partial charge in [0.05, 0.1) is 5.56 Å². The molecule has 0 aliphatic rings. The summed E-state index contributed by atoms with van der Waals surface area (Å²) in [5.74, 6) is -0.859. The van der Waals surface area contributed by atoms with Gasteiger partial charge in [-0.1, -0.05) is 17.7 Å². The van der Waals surface area contributed by atoms with Gasteiger partial charge in [-0.15, -0.1) is 0 Å². The second-order valence-corrected chi connectivity index (χ2v) is 2.62. The first-order valence-electron chi connectivity index (χ1n) is 3.42. The molecule has 0 spiro atoms. The minimum absolute atomic E-state index is 0. The van der Waals surface area contributed by atoms with Gasteiger partial charge in [0.1, 0.15) is 0 Å². The maximum Gasteiger partial charge on any atom is 0.335 e. The van der Waals surface area contributed by atoms with Crippen LogP contribution in [0.15, 0.2) is 18.2 Å². The summed E-state index contributed by atoms with van der Waals surface area (Å²) in [5, 5.41) is 8.66. The van der Waals surface area contributed by atoms with Crippen molar-refractivity contribution < 1.29 is 29.4 Å². The summed E-state index contributed by atoms with van der Waals surface area (Å²) in [6.07, 6.45) is 0. The Morgan fingerprint density at radius 1 is 1.33 bits per heavy atom. The normalized spacial score (nSPS) is 8.83. The van der Waals surface area contributed by atoms with Crippen molar-refractivity contribution in [3.05, 3.63) is 34.9 Å². The first-order chi connectivity index (χ1) is 5.11. The van der Waals surface area contributed by atoms with Crippen LogP contribution < -0.4 is 0 Å². The van der Waals surface area contributed by atoms with Crippen LogP contribution in [0.3, 0.4) is 0 Å². The number of aryl methyl sites for hydroxylation is 2. The molecule has 0 radical (unpaired) electrons. The maximum absolute atomic E-state index is 10.5. The molecular formula is C9H10O2Zn. The minimum atomic E-state index is -0.859. The van der Waals surface area contributed by atoms with E-state index >= 15 is 0 Å². The van der Waals surface area contributed by atoms with E-state index in [-0.39, 0.29) is 19.5 Å². The third kappa shape index (κ3) is 2.42. The van der Waals surface area contributed by atoms with Crippen LogP contribution in [0, 0.1) is 13.8 Å². The third-order valence-electron chi connectivity index (χ3n) is 1.61. The Morgan fingerprint density at radius 2 is 1.92 bits per heavy atom. The molecule has 3 heteroatoms. The predicted octanol–water partition coefficient (Wildman–Crippen LogP) is 2.00. The SMILES string of the molecule is Cc1ccc(C(=O)O)c(C)c1.[Zn]. The third-order valence-corrected chi connectivity index (χ3v) is 1.61. The topological polar surface area (TPSA) is 37.3 Å². The smallest absolute Gasteiger partial charge is 0.335 e. The van der Waals surface area contributed by atoms with Crippen molar-refractivity contribution in [3.63, 3.8) is 0 Å². The summed E-state index contributed by atoms with van der Waals surface area (Å²) in [4.78, 5) is 10.5. The van der Waals surface area contributed by atoms with E-state index in [4.69, 9.17) is 5.11 Å². The fourth-order valence-corrected chi connectivity index (χ4v) is 1.05. The van der Waals surface area contributed by atoms with Gasteiger partial charge >= 0.3 is 5.97 Å². The van der Waals surface area contributed by atoms with Gasteiger partial charge in [0.25, 0.3) is 0 Å². The standard InChI is InChI=1S/C9H10O2.Zn/c1-6-3-4-8(9(10)11)7(2)5-6;/h3-5H,1-2H3,(H,10,11);. The number of hydrogen-bond acceptors (Lipinski definition) is 1. The zero-order valence-electron chi connectivity index (χ0n) is 7.29. The molecule has 60 valence electrons. The molecule has 0 unspecified atom stereocenters. The van der Waals surface area contributed by atoms with Gasteiger partial charge < -0.3 is 5.11 Å². The van der Waals surface area contributed by atoms with E-state index in [1.54, 1.807) is 19.1 Å². The molecule has 0 bridgehead atoms. The largest absolute Gasteiger partial charge is 0.478 e. The monoisotopic (exact) mass is 214 g/mol. The van der Waals surface area contributed by atoms with E-state index in [0.29, 0.717) is 5.56 Å². The first-order valence-corrected chi connectivity index (χ1v) is 3.42. The molecular weight excluding hydrogens is 205 g/mol. The number of carboxylic acids is 1. The first kappa shape index (κ1) is 11.3. The van der Waals surface area contributed by atoms with Gasteiger partial charge in [0, 0.05) is 19.5 Å². The van der Waals surface area contributed by atoms with Gasteiger partial charge in [-0.25, -0.2) is 4.79 Å². The summed E-state index contributed by atoms with van der Waals surface area (Å²) < 4.78 is 0. The van der Waals surface area contributed by atoms with Crippen LogP contribution in [0.2, 0.25) is 0 Å². The number of rotatable bonds is 1. The van der Waals surface area contributed by atoms with E-state index in [0.717, 1.165) is 11.1 Å². The molecule has 0 atom stereocenters. The molecule has 0 aliphatic carbocycles. The average molecular weight is 216 g/mol. The zero-order chi connectivity index (χ0) is 8.43. The van der Waals surface area contributed by atoms with Crippen LogP contribution in [0.4, 0.5) is 0 Å². The molecule has 0 saturated heterocycles. The van der Waals surface area contributed by atoms with E-state index in [1.165, 1.54) is 0 Å². The molecule has 0 heterocycles. The molecule has 1 aromatic rings. The molecule has 0 fully saturated rings. The summed E-state index contributed by atoms with van der Waals surface area (Å²) in [5.41, 5.74) is 2.29. The molecule has 12 heavy (non-hydrogen) atoms. The number of carboxylic acid groups (broad SMARTS) is 1. The van der Waals surface area contributed by atoms with Crippen molar-refractivity contribution in [2.24, 2.45) is 0 Å². The number of benzene rings is 1. The minimum Gasteiger partial charge on any atom is -0.478 e. The Labute approximate surface area is 84.4 Å². The number of hydrogen-bond donors (Lipinski definition) is 1. The summed E-state index contributed by atoms with van der Waals surface area (Å²) >= 11 is 0. The zero-order valence-corrected chi connectivity index (χ0v) is 10.3. The van der Waals surface area contributed by atoms with E-state index in [9.17, 15) is 4.79 Å². The molecule has 0 saturated carbocycles. The Morgan fingerprint density at radius 3 is 2.33 bits per heavy atom. The van der Waals surface area contributed by atoms with Crippen LogP contribution >= 0.6 is 0 Å². The second kappa shape index (κ2) is 4.37. The molecule has 0 aromatic heterocycles. The van der Waals surface area contributed by atoms with Crippen LogP contribution in [-0.4, -0.2) is 11.1 Å². The molecule has 0 aliphatic heterocycles. The van der Waals surface area contributed by atoms with Crippen molar-refractivity contribution in [2.75, 3.05) is 0 Å². The Hall–Kier alpha value is -0.687. The van der Waals surface area contributed by atoms with Crippen LogP contribution in [-0.2, 0) is 19.5 Å². The molecule has 1 aromatic carbocycles. The Kier molecular flexibility index (Phi) is 4.12. The maximum atomic E-state index is 10.5. The fourth-order valence-electron chi connectivity index (χ4n) is 1.05. The van der Waals surface area contributed by atoms with Crippen molar-refractivity contribution in [3.8, 4) is 0 Å². The van der Waals surface area contributed by atoms with Gasteiger partial charge in [0.2, 0.25) is 0 Å². The summed E-state index contributed by atoms with van der Waals surface area (Å²) in [6.45, 7) is 3.75. The fraction of sp³-hybridized carbons (Fsp3) is 0.222. The van der Waals surface area contributed by atoms with Gasteiger partial charge in [-0.3, -0.25) is 0 Å². The van der Waals surface area contributed by atoms with Crippen molar-refractivity contribution in [2.45, 2.75) is 13.8 Å². The number of carbonyl (C=O) groups is 1. The van der Waals surface area contributed by atoms with Crippen LogP contribution in [0.1, 0.15) is 21.5 Å². The molecule has 1 N–H and O–H groups in total. The van der Waals surface area contributed by atoms with Crippen LogP contribution in [0.5, 0.6) is 0 Å². The van der Waals surface area contributed by atoms with Crippen molar-refractivity contribution in [1.82, 2.24) is 0 Å². The van der Waals surface area contributed by atoms with Gasteiger partial charge in [-0.05, 0) is 25.5 Å². The van der Waals surface area contributed by atoms with Crippen molar-refractivity contribution in [1.29, 1.82) is 0 Å². The number of aromatic carboxylic acids is 1. The Balaban J connectivity index is 0.00000121. The van der Waals surface area contributed by atoms with E-state index < -0.39 is 5.97 Å². The quantitative estimate of drug-likeness (QED) is 0.728.